The molecule has 4 nitrogen and oxygen atoms in total. The van der Waals surface area contributed by atoms with Crippen LogP contribution in [-0.4, -0.2) is 55.6 Å². The quantitative estimate of drug-likeness (QED) is 0.460. The van der Waals surface area contributed by atoms with Crippen molar-refractivity contribution in [1.82, 2.24) is 4.90 Å². The lowest BCUT2D eigenvalue weighted by Gasteiger charge is -2.48. The van der Waals surface area contributed by atoms with Crippen molar-refractivity contribution in [3.05, 3.63) is 108 Å². The summed E-state index contributed by atoms with van der Waals surface area (Å²) in [6.07, 6.45) is -0.0409. The maximum absolute atomic E-state index is 9.05. The first-order valence-electron chi connectivity index (χ1n) is 10.6. The van der Waals surface area contributed by atoms with Gasteiger partial charge in [-0.15, -0.1) is 0 Å². The van der Waals surface area contributed by atoms with Gasteiger partial charge in [-0.05, 0) is 16.7 Å². The largest absolute Gasteiger partial charge is 0.394 e. The van der Waals surface area contributed by atoms with Crippen molar-refractivity contribution in [3.63, 3.8) is 0 Å². The number of aliphatic hydroxyl groups excluding tert-OH is 1. The number of hydrogen-bond acceptors (Lipinski definition) is 4. The van der Waals surface area contributed by atoms with Gasteiger partial charge in [-0.2, -0.15) is 0 Å². The van der Waals surface area contributed by atoms with Gasteiger partial charge >= 0.3 is 0 Å². The van der Waals surface area contributed by atoms with Crippen LogP contribution in [0.3, 0.4) is 0 Å². The zero-order valence-electron chi connectivity index (χ0n) is 17.2. The van der Waals surface area contributed by atoms with E-state index in [1.54, 1.807) is 0 Å². The first kappa shape index (κ1) is 20.8. The summed E-state index contributed by atoms with van der Waals surface area (Å²) < 4.78 is 11.6. The number of benzene rings is 3. The molecule has 0 saturated carbocycles. The van der Waals surface area contributed by atoms with Gasteiger partial charge in [-0.3, -0.25) is 4.90 Å². The number of ether oxygens (including phenoxy) is 2. The van der Waals surface area contributed by atoms with Gasteiger partial charge in [-0.25, -0.2) is 0 Å². The molecule has 1 heterocycles. The molecule has 0 aliphatic carbocycles. The van der Waals surface area contributed by atoms with E-state index in [0.717, 1.165) is 13.1 Å². The molecule has 1 aliphatic rings. The maximum atomic E-state index is 9.05. The van der Waals surface area contributed by atoms with Crippen molar-refractivity contribution in [3.8, 4) is 0 Å². The second-order valence-electron chi connectivity index (χ2n) is 7.55. The molecule has 1 aliphatic heterocycles. The molecule has 1 N–H and O–H groups in total. The Morgan fingerprint density at radius 1 is 0.833 bits per heavy atom. The van der Waals surface area contributed by atoms with Crippen LogP contribution in [0.5, 0.6) is 0 Å². The lowest BCUT2D eigenvalue weighted by molar-refractivity contribution is -0.0888. The summed E-state index contributed by atoms with van der Waals surface area (Å²) in [6.45, 7) is 3.03. The summed E-state index contributed by atoms with van der Waals surface area (Å²) in [4.78, 5) is 2.52. The van der Waals surface area contributed by atoms with Gasteiger partial charge in [0.25, 0.3) is 0 Å². The second kappa shape index (κ2) is 10.0. The maximum Gasteiger partial charge on any atom is 0.0974 e. The van der Waals surface area contributed by atoms with Gasteiger partial charge in [0, 0.05) is 13.1 Å². The summed E-state index contributed by atoms with van der Waals surface area (Å²) in [5.41, 5.74) is 3.28. The van der Waals surface area contributed by atoms with Crippen LogP contribution in [0, 0.1) is 0 Å². The normalized spacial score (nSPS) is 17.7. The first-order chi connectivity index (χ1) is 14.9. The van der Waals surface area contributed by atoms with Crippen LogP contribution in [0.15, 0.2) is 91.0 Å². The molecule has 1 fully saturated rings. The lowest BCUT2D eigenvalue weighted by atomic mass is 9.75. The van der Waals surface area contributed by atoms with Crippen LogP contribution in [0.4, 0.5) is 0 Å². The van der Waals surface area contributed by atoms with Crippen molar-refractivity contribution in [1.29, 1.82) is 0 Å². The standard InChI is InChI=1S/C26H29NO3/c28-17-19-29-21-25-20-27(16-18-30-25)26(22-10-4-1-5-11-22,23-12-6-2-7-13-23)24-14-8-3-9-15-24/h1-15,25,28H,16-21H2. The smallest absolute Gasteiger partial charge is 0.0974 e. The van der Waals surface area contributed by atoms with Crippen molar-refractivity contribution < 1.29 is 14.6 Å². The first-order valence-corrected chi connectivity index (χ1v) is 10.6. The Kier molecular flexibility index (Phi) is 6.92. The van der Waals surface area contributed by atoms with Gasteiger partial charge in [0.2, 0.25) is 0 Å². The SMILES string of the molecule is OCCOCC1CN(C(c2ccccc2)(c2ccccc2)c2ccccc2)CCO1. The van der Waals surface area contributed by atoms with E-state index in [1.807, 2.05) is 0 Å². The third-order valence-corrected chi connectivity index (χ3v) is 5.73. The van der Waals surface area contributed by atoms with Crippen LogP contribution < -0.4 is 0 Å². The van der Waals surface area contributed by atoms with Crippen molar-refractivity contribution in [2.45, 2.75) is 11.6 Å². The molecular formula is C26H29NO3. The minimum Gasteiger partial charge on any atom is -0.394 e. The topological polar surface area (TPSA) is 41.9 Å². The molecular weight excluding hydrogens is 374 g/mol. The number of nitrogens with zero attached hydrogens (tertiary/aromatic N) is 1. The molecule has 0 aromatic heterocycles. The monoisotopic (exact) mass is 403 g/mol. The summed E-state index contributed by atoms with van der Waals surface area (Å²) in [5.74, 6) is 0. The minimum absolute atomic E-state index is 0.0262. The minimum atomic E-state index is -0.428. The summed E-state index contributed by atoms with van der Waals surface area (Å²) in [5, 5.41) is 9.05. The summed E-state index contributed by atoms with van der Waals surface area (Å²) in [7, 11) is 0. The molecule has 30 heavy (non-hydrogen) atoms. The fourth-order valence-electron chi connectivity index (χ4n) is 4.49. The highest BCUT2D eigenvalue weighted by molar-refractivity contribution is 5.49. The van der Waals surface area contributed by atoms with E-state index in [4.69, 9.17) is 14.6 Å². The van der Waals surface area contributed by atoms with E-state index in [-0.39, 0.29) is 12.7 Å². The summed E-state index contributed by atoms with van der Waals surface area (Å²) in [6, 6.07) is 32.1. The Morgan fingerprint density at radius 3 is 1.80 bits per heavy atom. The van der Waals surface area contributed by atoms with E-state index in [1.165, 1.54) is 16.7 Å². The van der Waals surface area contributed by atoms with Gasteiger partial charge < -0.3 is 14.6 Å². The predicted molar refractivity (Wildman–Crippen MR) is 118 cm³/mol. The van der Waals surface area contributed by atoms with Gasteiger partial charge in [-0.1, -0.05) is 91.0 Å². The van der Waals surface area contributed by atoms with Crippen LogP contribution in [-0.2, 0) is 15.0 Å². The fourth-order valence-corrected chi connectivity index (χ4v) is 4.49. The molecule has 0 radical (unpaired) electrons. The molecule has 1 unspecified atom stereocenters. The molecule has 0 bridgehead atoms. The zero-order valence-corrected chi connectivity index (χ0v) is 17.2. The van der Waals surface area contributed by atoms with Crippen LogP contribution >= 0.6 is 0 Å². The Labute approximate surface area is 178 Å². The highest BCUT2D eigenvalue weighted by Crippen LogP contribution is 2.43. The van der Waals surface area contributed by atoms with Crippen LogP contribution in [0.1, 0.15) is 16.7 Å². The van der Waals surface area contributed by atoms with Gasteiger partial charge in [0.15, 0.2) is 0 Å². The third-order valence-electron chi connectivity index (χ3n) is 5.73. The van der Waals surface area contributed by atoms with Gasteiger partial charge in [0.1, 0.15) is 0 Å². The number of rotatable bonds is 8. The van der Waals surface area contributed by atoms with Gasteiger partial charge in [0.05, 0.1) is 38.1 Å². The van der Waals surface area contributed by atoms with E-state index >= 15 is 0 Å². The Morgan fingerprint density at radius 2 is 1.33 bits per heavy atom. The van der Waals surface area contributed by atoms with Crippen molar-refractivity contribution in [2.75, 3.05) is 39.5 Å². The van der Waals surface area contributed by atoms with E-state index in [2.05, 4.69) is 95.9 Å². The molecule has 1 atom stereocenters. The Hall–Kier alpha value is -2.50. The lowest BCUT2D eigenvalue weighted by Crippen LogP contribution is -2.56. The second-order valence-corrected chi connectivity index (χ2v) is 7.55. The molecule has 0 spiro atoms. The molecule has 4 rings (SSSR count). The molecule has 156 valence electrons. The summed E-state index contributed by atoms with van der Waals surface area (Å²) >= 11 is 0. The van der Waals surface area contributed by atoms with E-state index in [0.29, 0.717) is 19.8 Å². The molecule has 4 heteroatoms. The van der Waals surface area contributed by atoms with Crippen molar-refractivity contribution >= 4 is 0 Å². The highest BCUT2D eigenvalue weighted by atomic mass is 16.5. The molecule has 1 saturated heterocycles. The number of aliphatic hydroxyl groups is 1. The van der Waals surface area contributed by atoms with Crippen molar-refractivity contribution in [2.24, 2.45) is 0 Å². The van der Waals surface area contributed by atoms with Crippen LogP contribution in [0.25, 0.3) is 0 Å². The molecule has 3 aromatic carbocycles. The molecule has 0 amide bonds. The molecule has 3 aromatic rings. The van der Waals surface area contributed by atoms with Crippen LogP contribution in [0.2, 0.25) is 0 Å². The third kappa shape index (κ3) is 4.18. The average molecular weight is 404 g/mol. The number of morpholine rings is 1. The Balaban J connectivity index is 1.83. The predicted octanol–water partition coefficient (Wildman–Crippen LogP) is 3.69. The van der Waals surface area contributed by atoms with E-state index in [9.17, 15) is 0 Å². The number of hydrogen-bond donors (Lipinski definition) is 1. The fraction of sp³-hybridized carbons (Fsp3) is 0.308. The average Bonchev–Trinajstić information content (AvgIpc) is 2.82. The van der Waals surface area contributed by atoms with E-state index < -0.39 is 5.54 Å². The highest BCUT2D eigenvalue weighted by Gasteiger charge is 2.44. The zero-order chi connectivity index (χ0) is 20.7. The Bertz CT molecular complexity index is 789.